The summed E-state index contributed by atoms with van der Waals surface area (Å²) in [6.45, 7) is 0.492. The molecule has 0 spiro atoms. The van der Waals surface area contributed by atoms with Gasteiger partial charge >= 0.3 is 5.97 Å². The van der Waals surface area contributed by atoms with Crippen LogP contribution in [0.1, 0.15) is 23.4 Å². The Morgan fingerprint density at radius 2 is 1.92 bits per heavy atom. The fourth-order valence-electron chi connectivity index (χ4n) is 2.86. The van der Waals surface area contributed by atoms with Crippen molar-refractivity contribution in [3.8, 4) is 0 Å². The minimum atomic E-state index is -1.11. The summed E-state index contributed by atoms with van der Waals surface area (Å²) in [6, 6.07) is 7.50. The average molecular weight is 331 g/mol. The highest BCUT2D eigenvalue weighted by Crippen LogP contribution is 2.19. The van der Waals surface area contributed by atoms with Crippen LogP contribution in [0, 0.1) is 0 Å². The van der Waals surface area contributed by atoms with Crippen molar-refractivity contribution < 1.29 is 23.8 Å². The lowest BCUT2D eigenvalue weighted by Gasteiger charge is -2.32. The van der Waals surface area contributed by atoms with E-state index in [0.29, 0.717) is 37.0 Å². The quantitative estimate of drug-likeness (QED) is 0.912. The van der Waals surface area contributed by atoms with Gasteiger partial charge in [0.25, 0.3) is 5.91 Å². The van der Waals surface area contributed by atoms with Crippen LogP contribution in [0.3, 0.4) is 0 Å². The molecule has 0 atom stereocenters. The number of hydrogen-bond donors (Lipinski definition) is 1. The normalized spacial score (nSPS) is 15.3. The number of carboxylic acids is 1. The summed E-state index contributed by atoms with van der Waals surface area (Å²) in [5.41, 5.74) is -0.0296. The largest absolute Gasteiger partial charge is 0.480 e. The van der Waals surface area contributed by atoms with Gasteiger partial charge in [-0.2, -0.15) is 0 Å². The lowest BCUT2D eigenvalue weighted by Crippen LogP contribution is -2.46. The predicted molar refractivity (Wildman–Crippen MR) is 85.0 cm³/mol. The zero-order chi connectivity index (χ0) is 17.1. The number of amides is 1. The molecule has 1 aliphatic rings. The van der Waals surface area contributed by atoms with Crippen LogP contribution in [-0.2, 0) is 9.53 Å². The fourth-order valence-corrected chi connectivity index (χ4v) is 2.86. The first kappa shape index (κ1) is 16.2. The van der Waals surface area contributed by atoms with Crippen LogP contribution >= 0.6 is 0 Å². The molecule has 24 heavy (non-hydrogen) atoms. The number of para-hydroxylation sites is 1. The summed E-state index contributed by atoms with van der Waals surface area (Å²) in [4.78, 5) is 37.3. The maximum atomic E-state index is 12.8. The highest BCUT2D eigenvalue weighted by atomic mass is 16.5. The van der Waals surface area contributed by atoms with Gasteiger partial charge in [0, 0.05) is 25.3 Å². The monoisotopic (exact) mass is 331 g/mol. The van der Waals surface area contributed by atoms with E-state index >= 15 is 0 Å². The molecule has 1 N–H and O–H groups in total. The van der Waals surface area contributed by atoms with Crippen molar-refractivity contribution in [3.05, 3.63) is 46.3 Å². The zero-order valence-corrected chi connectivity index (χ0v) is 12.9. The minimum absolute atomic E-state index is 0.147. The molecule has 7 nitrogen and oxygen atoms in total. The van der Waals surface area contributed by atoms with Crippen molar-refractivity contribution in [2.24, 2.45) is 0 Å². The number of hydrogen-bond acceptors (Lipinski definition) is 5. The minimum Gasteiger partial charge on any atom is -0.480 e. The number of carbonyl (C=O) groups excluding carboxylic acids is 1. The molecule has 0 aliphatic carbocycles. The molecule has 1 fully saturated rings. The number of rotatable bonds is 4. The molecule has 1 aromatic carbocycles. The number of carboxylic acid groups (broad SMARTS) is 1. The third kappa shape index (κ3) is 3.30. The van der Waals surface area contributed by atoms with E-state index in [-0.39, 0.29) is 17.2 Å². The predicted octanol–water partition coefficient (Wildman–Crippen LogP) is 1.50. The number of carbonyl (C=O) groups is 2. The van der Waals surface area contributed by atoms with E-state index in [0.717, 1.165) is 6.07 Å². The van der Waals surface area contributed by atoms with E-state index in [1.165, 1.54) is 4.90 Å². The SMILES string of the molecule is O=C(O)CN(C(=O)c1cc(=O)c2ccccc2o1)C1CCOCC1. The van der Waals surface area contributed by atoms with Gasteiger partial charge < -0.3 is 19.2 Å². The molecule has 2 aromatic rings. The van der Waals surface area contributed by atoms with E-state index in [1.54, 1.807) is 24.3 Å². The Labute approximate surface area is 137 Å². The molecular weight excluding hydrogens is 314 g/mol. The fraction of sp³-hybridized carbons (Fsp3) is 0.353. The molecular formula is C17H17NO6. The van der Waals surface area contributed by atoms with Crippen LogP contribution in [0.15, 0.2) is 39.5 Å². The molecule has 1 aromatic heterocycles. The van der Waals surface area contributed by atoms with Crippen LogP contribution < -0.4 is 5.43 Å². The summed E-state index contributed by atoms with van der Waals surface area (Å²) in [6.07, 6.45) is 1.10. The Kier molecular flexibility index (Phi) is 4.61. The molecule has 0 bridgehead atoms. The van der Waals surface area contributed by atoms with Crippen molar-refractivity contribution in [2.75, 3.05) is 19.8 Å². The molecule has 1 amide bonds. The van der Waals surface area contributed by atoms with Gasteiger partial charge in [-0.15, -0.1) is 0 Å². The van der Waals surface area contributed by atoms with Crippen LogP contribution in [0.4, 0.5) is 0 Å². The number of aliphatic carboxylic acids is 1. The second-order valence-electron chi connectivity index (χ2n) is 5.64. The highest BCUT2D eigenvalue weighted by Gasteiger charge is 2.30. The van der Waals surface area contributed by atoms with Crippen molar-refractivity contribution in [3.63, 3.8) is 0 Å². The first-order chi connectivity index (χ1) is 11.6. The summed E-state index contributed by atoms with van der Waals surface area (Å²) >= 11 is 0. The van der Waals surface area contributed by atoms with Crippen LogP contribution in [-0.4, -0.2) is 47.7 Å². The Morgan fingerprint density at radius 3 is 2.62 bits per heavy atom. The van der Waals surface area contributed by atoms with Gasteiger partial charge in [-0.25, -0.2) is 0 Å². The summed E-state index contributed by atoms with van der Waals surface area (Å²) in [7, 11) is 0. The smallest absolute Gasteiger partial charge is 0.323 e. The van der Waals surface area contributed by atoms with E-state index < -0.39 is 18.4 Å². The third-order valence-electron chi connectivity index (χ3n) is 4.04. The Bertz CT molecular complexity index is 821. The molecule has 3 rings (SSSR count). The van der Waals surface area contributed by atoms with E-state index in [1.807, 2.05) is 0 Å². The Hall–Kier alpha value is -2.67. The van der Waals surface area contributed by atoms with Gasteiger partial charge in [-0.1, -0.05) is 12.1 Å². The van der Waals surface area contributed by atoms with Gasteiger partial charge in [-0.05, 0) is 25.0 Å². The highest BCUT2D eigenvalue weighted by molar-refractivity contribution is 5.95. The average Bonchev–Trinajstić information content (AvgIpc) is 2.59. The van der Waals surface area contributed by atoms with Crippen molar-refractivity contribution in [1.82, 2.24) is 4.90 Å². The molecule has 126 valence electrons. The van der Waals surface area contributed by atoms with E-state index in [4.69, 9.17) is 14.3 Å². The third-order valence-corrected chi connectivity index (χ3v) is 4.04. The van der Waals surface area contributed by atoms with Crippen LogP contribution in [0.5, 0.6) is 0 Å². The second-order valence-corrected chi connectivity index (χ2v) is 5.64. The number of fused-ring (bicyclic) bond motifs is 1. The molecule has 0 saturated carbocycles. The first-order valence-corrected chi connectivity index (χ1v) is 7.69. The Morgan fingerprint density at radius 1 is 1.21 bits per heavy atom. The maximum Gasteiger partial charge on any atom is 0.323 e. The van der Waals surface area contributed by atoms with Crippen molar-refractivity contribution in [1.29, 1.82) is 0 Å². The summed E-state index contributed by atoms with van der Waals surface area (Å²) in [5.74, 6) is -1.85. The van der Waals surface area contributed by atoms with Gasteiger partial charge in [0.05, 0.1) is 5.39 Å². The molecule has 0 unspecified atom stereocenters. The first-order valence-electron chi connectivity index (χ1n) is 7.69. The molecule has 1 aliphatic heterocycles. The van der Waals surface area contributed by atoms with Crippen molar-refractivity contribution in [2.45, 2.75) is 18.9 Å². The zero-order valence-electron chi connectivity index (χ0n) is 12.9. The lowest BCUT2D eigenvalue weighted by molar-refractivity contribution is -0.138. The molecule has 0 radical (unpaired) electrons. The van der Waals surface area contributed by atoms with Gasteiger partial charge in [0.2, 0.25) is 0 Å². The maximum absolute atomic E-state index is 12.8. The van der Waals surface area contributed by atoms with Crippen LogP contribution in [0.25, 0.3) is 11.0 Å². The summed E-state index contributed by atoms with van der Waals surface area (Å²) < 4.78 is 10.8. The molecule has 1 saturated heterocycles. The van der Waals surface area contributed by atoms with E-state index in [2.05, 4.69) is 0 Å². The van der Waals surface area contributed by atoms with Gasteiger partial charge in [0.15, 0.2) is 11.2 Å². The lowest BCUT2D eigenvalue weighted by atomic mass is 10.1. The molecule has 2 heterocycles. The van der Waals surface area contributed by atoms with Crippen LogP contribution in [0.2, 0.25) is 0 Å². The van der Waals surface area contributed by atoms with Crippen molar-refractivity contribution >= 4 is 22.8 Å². The summed E-state index contributed by atoms with van der Waals surface area (Å²) in [5, 5.41) is 9.50. The topological polar surface area (TPSA) is 97.1 Å². The van der Waals surface area contributed by atoms with Gasteiger partial charge in [-0.3, -0.25) is 14.4 Å². The Balaban J connectivity index is 1.97. The number of nitrogens with zero attached hydrogens (tertiary/aromatic N) is 1. The number of ether oxygens (including phenoxy) is 1. The number of benzene rings is 1. The second kappa shape index (κ2) is 6.84. The standard InChI is InChI=1S/C17H17NO6/c19-13-9-15(24-14-4-2-1-3-12(13)14)17(22)18(10-16(20)21)11-5-7-23-8-6-11/h1-4,9,11H,5-8,10H2,(H,20,21). The van der Waals surface area contributed by atoms with E-state index in [9.17, 15) is 14.4 Å². The molecule has 7 heteroatoms. The van der Waals surface area contributed by atoms with Gasteiger partial charge in [0.1, 0.15) is 12.1 Å².